The number of amides is 1. The summed E-state index contributed by atoms with van der Waals surface area (Å²) in [5.41, 5.74) is 2.56. The molecule has 1 aromatic carbocycles. The van der Waals surface area contributed by atoms with Gasteiger partial charge in [-0.3, -0.25) is 9.69 Å². The van der Waals surface area contributed by atoms with Crippen LogP contribution in [0.1, 0.15) is 16.1 Å². The van der Waals surface area contributed by atoms with Crippen LogP contribution in [-0.2, 0) is 6.54 Å². The Bertz CT molecular complexity index is 917. The molecule has 0 aliphatic carbocycles. The van der Waals surface area contributed by atoms with Crippen molar-refractivity contribution in [2.24, 2.45) is 0 Å². The lowest BCUT2D eigenvalue weighted by molar-refractivity contribution is 0.0627. The molecule has 4 rings (SSSR count). The molecular weight excluding hydrogens is 416 g/mol. The van der Waals surface area contributed by atoms with Crippen molar-refractivity contribution in [1.29, 1.82) is 0 Å². The number of halogens is 2. The third kappa shape index (κ3) is 3.63. The van der Waals surface area contributed by atoms with E-state index in [1.807, 2.05) is 39.8 Å². The van der Waals surface area contributed by atoms with Crippen LogP contribution in [0.4, 0.5) is 0 Å². The van der Waals surface area contributed by atoms with Gasteiger partial charge < -0.3 is 9.30 Å². The number of hydrogen-bond donors (Lipinski definition) is 0. The van der Waals surface area contributed by atoms with Crippen LogP contribution in [0, 0.1) is 0 Å². The number of carbonyl (C=O) groups is 1. The molecule has 5 nitrogen and oxygen atoms in total. The summed E-state index contributed by atoms with van der Waals surface area (Å²) in [6.45, 7) is 3.82. The van der Waals surface area contributed by atoms with Gasteiger partial charge in [-0.1, -0.05) is 33.6 Å². The van der Waals surface area contributed by atoms with E-state index in [0.29, 0.717) is 23.7 Å². The largest absolute Gasteiger partial charge is 0.336 e. The number of imidazole rings is 1. The molecule has 3 aromatic rings. The number of rotatable bonds is 3. The summed E-state index contributed by atoms with van der Waals surface area (Å²) in [7, 11) is 0. The van der Waals surface area contributed by atoms with Crippen molar-refractivity contribution in [2.75, 3.05) is 26.2 Å². The third-order valence-electron chi connectivity index (χ3n) is 4.62. The van der Waals surface area contributed by atoms with Gasteiger partial charge in [-0.25, -0.2) is 4.98 Å². The van der Waals surface area contributed by atoms with Crippen LogP contribution in [-0.4, -0.2) is 51.3 Å². The van der Waals surface area contributed by atoms with Gasteiger partial charge in [-0.15, -0.1) is 0 Å². The second kappa shape index (κ2) is 7.39. The summed E-state index contributed by atoms with van der Waals surface area (Å²) in [4.78, 5) is 21.6. The van der Waals surface area contributed by atoms with Gasteiger partial charge in [0.15, 0.2) is 0 Å². The minimum absolute atomic E-state index is 0.0105. The van der Waals surface area contributed by atoms with Gasteiger partial charge in [-0.2, -0.15) is 0 Å². The van der Waals surface area contributed by atoms with E-state index in [1.165, 1.54) is 0 Å². The van der Waals surface area contributed by atoms with Crippen LogP contribution in [0.3, 0.4) is 0 Å². The lowest BCUT2D eigenvalue weighted by atomic mass is 10.1. The molecule has 0 radical (unpaired) electrons. The second-order valence-electron chi connectivity index (χ2n) is 6.39. The number of fused-ring (bicyclic) bond motifs is 1. The standard InChI is InChI=1S/C19H18BrClN4O/c20-14-4-5-17(21)16(11-14)19(26)24-9-7-23(8-10-24)12-15-13-25-6-2-1-3-18(25)22-15/h1-6,11,13H,7-10,12H2. The van der Waals surface area contributed by atoms with Crippen LogP contribution in [0.25, 0.3) is 5.65 Å². The Hall–Kier alpha value is -1.89. The van der Waals surface area contributed by atoms with Crippen molar-refractivity contribution in [3.8, 4) is 0 Å². The van der Waals surface area contributed by atoms with Gasteiger partial charge >= 0.3 is 0 Å². The molecule has 1 amide bonds. The summed E-state index contributed by atoms with van der Waals surface area (Å²) < 4.78 is 2.89. The molecule has 0 atom stereocenters. The lowest BCUT2D eigenvalue weighted by Crippen LogP contribution is -2.48. The average molecular weight is 434 g/mol. The summed E-state index contributed by atoms with van der Waals surface area (Å²) in [6.07, 6.45) is 4.07. The predicted octanol–water partition coefficient (Wildman–Crippen LogP) is 3.71. The number of carbonyl (C=O) groups excluding carboxylic acids is 1. The molecule has 0 saturated carbocycles. The first kappa shape index (κ1) is 17.5. The van der Waals surface area contributed by atoms with Crippen molar-refractivity contribution in [2.45, 2.75) is 6.54 Å². The van der Waals surface area contributed by atoms with E-state index >= 15 is 0 Å². The molecular formula is C19H18BrClN4O. The molecule has 26 heavy (non-hydrogen) atoms. The van der Waals surface area contributed by atoms with Crippen LogP contribution in [0.15, 0.2) is 53.3 Å². The van der Waals surface area contributed by atoms with Gasteiger partial charge in [0, 0.05) is 49.6 Å². The molecule has 0 N–H and O–H groups in total. The maximum atomic E-state index is 12.7. The number of pyridine rings is 1. The maximum absolute atomic E-state index is 12.7. The molecule has 0 spiro atoms. The normalized spacial score (nSPS) is 15.5. The Morgan fingerprint density at radius 3 is 2.73 bits per heavy atom. The lowest BCUT2D eigenvalue weighted by Gasteiger charge is -2.34. The van der Waals surface area contributed by atoms with E-state index in [1.54, 1.807) is 12.1 Å². The monoisotopic (exact) mass is 432 g/mol. The van der Waals surface area contributed by atoms with Crippen molar-refractivity contribution < 1.29 is 4.79 Å². The topological polar surface area (TPSA) is 40.9 Å². The molecule has 1 saturated heterocycles. The highest BCUT2D eigenvalue weighted by atomic mass is 79.9. The molecule has 134 valence electrons. The fourth-order valence-electron chi connectivity index (χ4n) is 3.23. The fraction of sp³-hybridized carbons (Fsp3) is 0.263. The molecule has 1 aliphatic rings. The van der Waals surface area contributed by atoms with Crippen LogP contribution in [0.2, 0.25) is 5.02 Å². The van der Waals surface area contributed by atoms with Crippen LogP contribution < -0.4 is 0 Å². The zero-order chi connectivity index (χ0) is 18.1. The van der Waals surface area contributed by atoms with Crippen molar-refractivity contribution in [3.63, 3.8) is 0 Å². The SMILES string of the molecule is O=C(c1cc(Br)ccc1Cl)N1CCN(Cc2cn3ccccc3n2)CC1. The van der Waals surface area contributed by atoms with Crippen molar-refractivity contribution in [1.82, 2.24) is 19.2 Å². The number of hydrogen-bond acceptors (Lipinski definition) is 3. The molecule has 0 unspecified atom stereocenters. The van der Waals surface area contributed by atoms with E-state index < -0.39 is 0 Å². The first-order chi connectivity index (χ1) is 12.6. The van der Waals surface area contributed by atoms with Gasteiger partial charge in [0.2, 0.25) is 0 Å². The number of aromatic nitrogens is 2. The smallest absolute Gasteiger partial charge is 0.255 e. The fourth-order valence-corrected chi connectivity index (χ4v) is 3.79. The predicted molar refractivity (Wildman–Crippen MR) is 106 cm³/mol. The number of nitrogens with zero attached hydrogens (tertiary/aromatic N) is 4. The Morgan fingerprint density at radius 2 is 1.96 bits per heavy atom. The summed E-state index contributed by atoms with van der Waals surface area (Å²) >= 11 is 9.60. The minimum atomic E-state index is -0.0105. The number of piperazine rings is 1. The summed E-state index contributed by atoms with van der Waals surface area (Å²) in [5, 5.41) is 0.491. The highest BCUT2D eigenvalue weighted by Gasteiger charge is 2.24. The second-order valence-corrected chi connectivity index (χ2v) is 7.71. The number of benzene rings is 1. The first-order valence-corrected chi connectivity index (χ1v) is 9.66. The molecule has 2 aromatic heterocycles. The highest BCUT2D eigenvalue weighted by Crippen LogP contribution is 2.23. The van der Waals surface area contributed by atoms with E-state index in [4.69, 9.17) is 11.6 Å². The van der Waals surface area contributed by atoms with Crippen LogP contribution in [0.5, 0.6) is 0 Å². The van der Waals surface area contributed by atoms with E-state index in [9.17, 15) is 4.79 Å². The Labute approximate surface area is 165 Å². The third-order valence-corrected chi connectivity index (χ3v) is 5.44. The maximum Gasteiger partial charge on any atom is 0.255 e. The van der Waals surface area contributed by atoms with Gasteiger partial charge in [0.25, 0.3) is 5.91 Å². The molecule has 1 fully saturated rings. The summed E-state index contributed by atoms with van der Waals surface area (Å²) in [6, 6.07) is 11.4. The van der Waals surface area contributed by atoms with E-state index in [-0.39, 0.29) is 5.91 Å². The molecule has 3 heterocycles. The van der Waals surface area contributed by atoms with Crippen molar-refractivity contribution in [3.05, 3.63) is 69.5 Å². The molecule has 1 aliphatic heterocycles. The Balaban J connectivity index is 1.39. The highest BCUT2D eigenvalue weighted by molar-refractivity contribution is 9.10. The Morgan fingerprint density at radius 1 is 1.15 bits per heavy atom. The van der Waals surface area contributed by atoms with Crippen LogP contribution >= 0.6 is 27.5 Å². The van der Waals surface area contributed by atoms with Crippen molar-refractivity contribution >= 4 is 39.1 Å². The van der Waals surface area contributed by atoms with Gasteiger partial charge in [-0.05, 0) is 30.3 Å². The molecule has 0 bridgehead atoms. The van der Waals surface area contributed by atoms with Gasteiger partial charge in [0.05, 0.1) is 16.3 Å². The first-order valence-electron chi connectivity index (χ1n) is 8.49. The minimum Gasteiger partial charge on any atom is -0.336 e. The summed E-state index contributed by atoms with van der Waals surface area (Å²) in [5.74, 6) is -0.0105. The Kier molecular flexibility index (Phi) is 4.98. The molecule has 7 heteroatoms. The van der Waals surface area contributed by atoms with Gasteiger partial charge in [0.1, 0.15) is 5.65 Å². The zero-order valence-electron chi connectivity index (χ0n) is 14.1. The average Bonchev–Trinajstić information content (AvgIpc) is 3.06. The quantitative estimate of drug-likeness (QED) is 0.632. The van der Waals surface area contributed by atoms with E-state index in [0.717, 1.165) is 35.4 Å². The zero-order valence-corrected chi connectivity index (χ0v) is 16.4. The van der Waals surface area contributed by atoms with E-state index in [2.05, 4.69) is 32.0 Å².